The van der Waals surface area contributed by atoms with Crippen LogP contribution in [0.3, 0.4) is 0 Å². The highest BCUT2D eigenvalue weighted by Gasteiger charge is 2.54. The smallest absolute Gasteiger partial charge is 0.352 e. The summed E-state index contributed by atoms with van der Waals surface area (Å²) in [7, 11) is -3.52. The third kappa shape index (κ3) is 4.75. The van der Waals surface area contributed by atoms with Gasteiger partial charge in [0.15, 0.2) is 14.2 Å². The molecule has 0 radical (unpaired) electrons. The first kappa shape index (κ1) is 22.1. The molecule has 2 amide bonds. The van der Waals surface area contributed by atoms with Crippen molar-refractivity contribution in [2.45, 2.75) is 29.6 Å². The van der Waals surface area contributed by atoms with Gasteiger partial charge in [-0.3, -0.25) is 14.5 Å². The number of fused-ring (bicyclic) bond motifs is 1. The summed E-state index contributed by atoms with van der Waals surface area (Å²) in [5.74, 6) is -2.69. The average Bonchev–Trinajstić information content (AvgIpc) is 3.08. The molecule has 0 spiro atoms. The summed E-state index contributed by atoms with van der Waals surface area (Å²) < 4.78 is 23.9. The minimum atomic E-state index is -3.52. The van der Waals surface area contributed by atoms with E-state index in [1.165, 1.54) is 41.8 Å². The third-order valence-electron chi connectivity index (χ3n) is 4.23. The fourth-order valence-corrected chi connectivity index (χ4v) is 6.78. The molecular formula is C15H18N4O6S4. The number of sulfone groups is 1. The molecule has 1 saturated heterocycles. The van der Waals surface area contributed by atoms with Crippen LogP contribution in [0.1, 0.15) is 11.9 Å². The molecule has 0 aliphatic carbocycles. The van der Waals surface area contributed by atoms with E-state index in [-0.39, 0.29) is 11.4 Å². The van der Waals surface area contributed by atoms with Gasteiger partial charge in [-0.15, -0.1) is 22.0 Å². The first-order valence-corrected chi connectivity index (χ1v) is 13.1. The van der Waals surface area contributed by atoms with Gasteiger partial charge in [0, 0.05) is 17.3 Å². The highest BCUT2D eigenvalue weighted by molar-refractivity contribution is 8.01. The van der Waals surface area contributed by atoms with Crippen molar-refractivity contribution in [2.75, 3.05) is 23.0 Å². The minimum Gasteiger partial charge on any atom is -0.477 e. The van der Waals surface area contributed by atoms with Gasteiger partial charge in [-0.25, -0.2) is 13.2 Å². The van der Waals surface area contributed by atoms with Crippen LogP contribution < -0.4 is 5.32 Å². The minimum absolute atomic E-state index is 0.0841. The van der Waals surface area contributed by atoms with E-state index < -0.39 is 44.8 Å². The molecular weight excluding hydrogens is 460 g/mol. The van der Waals surface area contributed by atoms with Gasteiger partial charge < -0.3 is 10.4 Å². The summed E-state index contributed by atoms with van der Waals surface area (Å²) >= 11 is 4.09. The number of aliphatic carboxylic acids is 1. The summed E-state index contributed by atoms with van der Waals surface area (Å²) in [4.78, 5) is 37.5. The van der Waals surface area contributed by atoms with Crippen molar-refractivity contribution in [3.8, 4) is 0 Å². The number of nitrogens with zero attached hydrogens (tertiary/aromatic N) is 3. The molecule has 1 aromatic heterocycles. The molecule has 1 aromatic rings. The zero-order chi connectivity index (χ0) is 21.3. The Morgan fingerprint density at radius 2 is 2.10 bits per heavy atom. The lowest BCUT2D eigenvalue weighted by molar-refractivity contribution is -0.150. The second-order valence-corrected chi connectivity index (χ2v) is 12.1. The number of carboxylic acids is 1. The number of carbonyl (C=O) groups is 3. The van der Waals surface area contributed by atoms with Crippen molar-refractivity contribution in [3.05, 3.63) is 16.3 Å². The number of amides is 2. The highest BCUT2D eigenvalue weighted by Crippen LogP contribution is 2.41. The van der Waals surface area contributed by atoms with Crippen LogP contribution in [0.15, 0.2) is 15.6 Å². The highest BCUT2D eigenvalue weighted by atomic mass is 32.2. The van der Waals surface area contributed by atoms with Crippen molar-refractivity contribution >= 4 is 62.5 Å². The summed E-state index contributed by atoms with van der Waals surface area (Å²) in [6, 6.07) is -0.936. The Morgan fingerprint density at radius 3 is 2.69 bits per heavy atom. The number of nitrogens with one attached hydrogen (secondary N) is 1. The number of aryl methyl sites for hydroxylation is 1. The van der Waals surface area contributed by atoms with E-state index in [1.54, 1.807) is 0 Å². The van der Waals surface area contributed by atoms with Crippen molar-refractivity contribution in [1.29, 1.82) is 0 Å². The Labute approximate surface area is 179 Å². The quantitative estimate of drug-likeness (QED) is 0.390. The maximum Gasteiger partial charge on any atom is 0.352 e. The molecule has 2 aliphatic heterocycles. The summed E-state index contributed by atoms with van der Waals surface area (Å²) in [5, 5.41) is 20.2. The van der Waals surface area contributed by atoms with Gasteiger partial charge in [0.25, 0.3) is 5.91 Å². The van der Waals surface area contributed by atoms with Crippen molar-refractivity contribution in [1.82, 2.24) is 20.4 Å². The Bertz CT molecular complexity index is 989. The van der Waals surface area contributed by atoms with E-state index in [4.69, 9.17) is 0 Å². The molecule has 158 valence electrons. The average molecular weight is 479 g/mol. The van der Waals surface area contributed by atoms with Gasteiger partial charge in [-0.1, -0.05) is 30.0 Å². The van der Waals surface area contributed by atoms with Gasteiger partial charge >= 0.3 is 5.97 Å². The predicted octanol–water partition coefficient (Wildman–Crippen LogP) is 0.112. The fraction of sp³-hybridized carbons (Fsp3) is 0.533. The van der Waals surface area contributed by atoms with Gasteiger partial charge in [-0.05, 0) is 12.5 Å². The number of hydrogen-bond acceptors (Lipinski definition) is 10. The maximum atomic E-state index is 12.5. The molecule has 0 bridgehead atoms. The standard InChI is InChI=1S/C15H18N4O6S4/c1-3-29(24,25)6-9(20)16-10-12(21)19-11(14(22)23)8(4-26-13(10)19)5-27-15-18-17-7(2)28-15/h10,13H,3-6H2,1-2H3,(H,16,20)(H,22,23)/t10-,13-/m1/s1. The van der Waals surface area contributed by atoms with Crippen LogP contribution in [0.5, 0.6) is 0 Å². The molecule has 1 fully saturated rings. The van der Waals surface area contributed by atoms with Crippen LogP contribution in [0.2, 0.25) is 0 Å². The second kappa shape index (κ2) is 8.62. The number of carboxylic acid groups (broad SMARTS) is 1. The normalized spacial score (nSPS) is 21.6. The molecule has 29 heavy (non-hydrogen) atoms. The van der Waals surface area contributed by atoms with Crippen LogP contribution in [0.4, 0.5) is 0 Å². The first-order chi connectivity index (χ1) is 13.6. The Kier molecular flexibility index (Phi) is 6.55. The number of aromatic nitrogens is 2. The predicted molar refractivity (Wildman–Crippen MR) is 109 cm³/mol. The second-order valence-electron chi connectivity index (χ2n) is 6.26. The van der Waals surface area contributed by atoms with Crippen LogP contribution in [-0.4, -0.2) is 80.8 Å². The van der Waals surface area contributed by atoms with Gasteiger partial charge in [-0.2, -0.15) is 0 Å². The Hall–Kier alpha value is -1.64. The van der Waals surface area contributed by atoms with E-state index in [0.717, 1.165) is 9.91 Å². The van der Waals surface area contributed by atoms with Gasteiger partial charge in [0.2, 0.25) is 5.91 Å². The summed E-state index contributed by atoms with van der Waals surface area (Å²) in [5.41, 5.74) is 0.502. The third-order valence-corrected chi connectivity index (χ3v) is 9.21. The Morgan fingerprint density at radius 1 is 1.38 bits per heavy atom. The topological polar surface area (TPSA) is 147 Å². The van der Waals surface area contributed by atoms with E-state index in [9.17, 15) is 27.9 Å². The molecule has 0 saturated carbocycles. The van der Waals surface area contributed by atoms with Crippen LogP contribution in [-0.2, 0) is 24.2 Å². The van der Waals surface area contributed by atoms with Crippen molar-refractivity contribution < 1.29 is 27.9 Å². The molecule has 2 N–H and O–H groups in total. The van der Waals surface area contributed by atoms with E-state index in [1.807, 2.05) is 6.92 Å². The summed E-state index contributed by atoms with van der Waals surface area (Å²) in [6.07, 6.45) is 0. The Balaban J connectivity index is 1.70. The number of β-lactam (4-membered cyclic amide) rings is 1. The zero-order valence-corrected chi connectivity index (χ0v) is 18.7. The SMILES string of the molecule is CCS(=O)(=O)CC(=O)N[C@@H]1C(=O)N2C(C(=O)O)=C(CSc3nnc(C)s3)CS[C@H]12. The van der Waals surface area contributed by atoms with Crippen LogP contribution in [0, 0.1) is 6.92 Å². The maximum absolute atomic E-state index is 12.5. The van der Waals surface area contributed by atoms with Crippen molar-refractivity contribution in [3.63, 3.8) is 0 Å². The lowest BCUT2D eigenvalue weighted by atomic mass is 10.0. The zero-order valence-electron chi connectivity index (χ0n) is 15.4. The molecule has 3 heterocycles. The first-order valence-electron chi connectivity index (χ1n) is 8.45. The van der Waals surface area contributed by atoms with Crippen LogP contribution in [0.25, 0.3) is 0 Å². The molecule has 0 unspecified atom stereocenters. The molecule has 2 aliphatic rings. The molecule has 0 aromatic carbocycles. The van der Waals surface area contributed by atoms with E-state index in [0.29, 0.717) is 21.4 Å². The lowest BCUT2D eigenvalue weighted by Crippen LogP contribution is -2.71. The number of thioether (sulfide) groups is 2. The number of rotatable bonds is 8. The van der Waals surface area contributed by atoms with Gasteiger partial charge in [0.05, 0.1) is 0 Å². The molecule has 10 nitrogen and oxygen atoms in total. The van der Waals surface area contributed by atoms with E-state index >= 15 is 0 Å². The number of hydrogen-bond donors (Lipinski definition) is 2. The number of carbonyl (C=O) groups excluding carboxylic acids is 2. The molecule has 14 heteroatoms. The summed E-state index contributed by atoms with van der Waals surface area (Å²) in [6.45, 7) is 3.26. The molecule has 3 rings (SSSR count). The monoisotopic (exact) mass is 478 g/mol. The van der Waals surface area contributed by atoms with Gasteiger partial charge in [0.1, 0.15) is 27.9 Å². The van der Waals surface area contributed by atoms with E-state index in [2.05, 4.69) is 15.5 Å². The lowest BCUT2D eigenvalue weighted by Gasteiger charge is -2.49. The fourth-order valence-electron chi connectivity index (χ4n) is 2.80. The largest absolute Gasteiger partial charge is 0.477 e. The van der Waals surface area contributed by atoms with Crippen molar-refractivity contribution in [2.24, 2.45) is 0 Å². The molecule has 2 atom stereocenters. The van der Waals surface area contributed by atoms with Crippen LogP contribution >= 0.6 is 34.9 Å².